The molecule has 1 aliphatic rings. The molecule has 0 saturated carbocycles. The van der Waals surface area contributed by atoms with Crippen LogP contribution < -0.4 is 0 Å². The summed E-state index contributed by atoms with van der Waals surface area (Å²) >= 11 is 0.910. The monoisotopic (exact) mass is 385 g/mol. The fourth-order valence-electron chi connectivity index (χ4n) is 2.82. The second kappa shape index (κ2) is 7.69. The summed E-state index contributed by atoms with van der Waals surface area (Å²) in [5.74, 6) is 0.553. The number of carbonyl (C=O) groups excluding carboxylic acids is 1. The summed E-state index contributed by atoms with van der Waals surface area (Å²) in [4.78, 5) is 21.7. The Bertz CT molecular complexity index is 765. The molecule has 1 fully saturated rings. The lowest BCUT2D eigenvalue weighted by atomic mass is 10.0. The number of piperidine rings is 1. The summed E-state index contributed by atoms with van der Waals surface area (Å²) in [5.41, 5.74) is -1.01. The van der Waals surface area contributed by atoms with Gasteiger partial charge in [0, 0.05) is 13.1 Å². The Morgan fingerprint density at radius 2 is 2.23 bits per heavy atom. The quantitative estimate of drug-likeness (QED) is 0.586. The highest BCUT2D eigenvalue weighted by Gasteiger charge is 2.34. The van der Waals surface area contributed by atoms with E-state index in [2.05, 4.69) is 16.9 Å². The number of aromatic nitrogens is 2. The average molecular weight is 385 g/mol. The molecule has 0 radical (unpaired) electrons. The number of alkyl halides is 3. The van der Waals surface area contributed by atoms with Crippen LogP contribution in [-0.4, -0.2) is 39.6 Å². The van der Waals surface area contributed by atoms with Gasteiger partial charge < -0.3 is 9.32 Å². The van der Waals surface area contributed by atoms with Crippen LogP contribution in [-0.2, 0) is 11.0 Å². The Morgan fingerprint density at radius 1 is 1.42 bits per heavy atom. The van der Waals surface area contributed by atoms with E-state index >= 15 is 0 Å². The maximum Gasteiger partial charge on any atom is 0.433 e. The van der Waals surface area contributed by atoms with Crippen LogP contribution >= 0.6 is 11.8 Å². The molecule has 3 rings (SSSR count). The summed E-state index contributed by atoms with van der Waals surface area (Å²) < 4.78 is 44.5. The predicted molar refractivity (Wildman–Crippen MR) is 90.4 cm³/mol. The highest BCUT2D eigenvalue weighted by molar-refractivity contribution is 7.99. The minimum atomic E-state index is -4.61. The van der Waals surface area contributed by atoms with E-state index in [1.807, 2.05) is 0 Å². The first kappa shape index (κ1) is 18.8. The summed E-state index contributed by atoms with van der Waals surface area (Å²) in [6.07, 6.45) is -1.22. The fraction of sp³-hybridized carbons (Fsp3) is 0.471. The lowest BCUT2D eigenvalue weighted by Gasteiger charge is -2.30. The third-order valence-electron chi connectivity index (χ3n) is 4.10. The van der Waals surface area contributed by atoms with Crippen molar-refractivity contribution in [3.63, 3.8) is 0 Å². The maximum absolute atomic E-state index is 13.1. The van der Waals surface area contributed by atoms with Gasteiger partial charge in [-0.25, -0.2) is 9.97 Å². The molecule has 0 unspecified atom stereocenters. The molecule has 0 spiro atoms. The molecule has 2 aromatic heterocycles. The van der Waals surface area contributed by atoms with Gasteiger partial charge in [0.05, 0.1) is 12.0 Å². The Labute approximate surface area is 153 Å². The third-order valence-corrected chi connectivity index (χ3v) is 4.94. The van der Waals surface area contributed by atoms with Crippen LogP contribution in [0.3, 0.4) is 0 Å². The van der Waals surface area contributed by atoms with Crippen molar-refractivity contribution in [2.75, 3.05) is 18.8 Å². The first-order chi connectivity index (χ1) is 12.3. The lowest BCUT2D eigenvalue weighted by molar-refractivity contribution is -0.141. The molecular weight excluding hydrogens is 367 g/mol. The Hall–Kier alpha value is -2.03. The summed E-state index contributed by atoms with van der Waals surface area (Å²) in [6, 6.07) is 3.94. The molecule has 1 saturated heterocycles. The van der Waals surface area contributed by atoms with Gasteiger partial charge in [-0.3, -0.25) is 4.79 Å². The van der Waals surface area contributed by atoms with Crippen LogP contribution in [0.4, 0.5) is 13.2 Å². The van der Waals surface area contributed by atoms with Gasteiger partial charge in [0.15, 0.2) is 10.9 Å². The smallest absolute Gasteiger partial charge is 0.433 e. The third kappa shape index (κ3) is 4.57. The highest BCUT2D eigenvalue weighted by Crippen LogP contribution is 2.32. The maximum atomic E-state index is 13.1. The first-order valence-electron chi connectivity index (χ1n) is 8.23. The minimum absolute atomic E-state index is 0.00558. The topological polar surface area (TPSA) is 59.2 Å². The zero-order valence-corrected chi connectivity index (χ0v) is 14.9. The molecule has 2 aromatic rings. The molecule has 0 aliphatic carbocycles. The van der Waals surface area contributed by atoms with E-state index in [4.69, 9.17) is 4.42 Å². The van der Waals surface area contributed by atoms with Gasteiger partial charge in [0.25, 0.3) is 0 Å². The van der Waals surface area contributed by atoms with E-state index in [-0.39, 0.29) is 28.3 Å². The number of nitrogens with zero attached hydrogens (tertiary/aromatic N) is 3. The summed E-state index contributed by atoms with van der Waals surface area (Å²) in [6.45, 7) is 3.45. The minimum Gasteiger partial charge on any atom is -0.463 e. The van der Waals surface area contributed by atoms with Crippen LogP contribution in [0.5, 0.6) is 0 Å². The Kier molecular flexibility index (Phi) is 5.55. The second-order valence-corrected chi connectivity index (χ2v) is 7.21. The van der Waals surface area contributed by atoms with Crippen molar-refractivity contribution in [3.8, 4) is 11.5 Å². The number of thioether (sulfide) groups is 1. The number of hydrogen-bond donors (Lipinski definition) is 0. The normalized spacial score (nSPS) is 18.2. The molecule has 3 heterocycles. The van der Waals surface area contributed by atoms with Crippen molar-refractivity contribution in [1.29, 1.82) is 0 Å². The molecular formula is C17H18F3N3O2S. The number of halogens is 3. The molecule has 0 bridgehead atoms. The van der Waals surface area contributed by atoms with Crippen molar-refractivity contribution in [2.24, 2.45) is 5.92 Å². The van der Waals surface area contributed by atoms with Gasteiger partial charge in [0.1, 0.15) is 11.4 Å². The molecule has 1 atom stereocenters. The number of furan rings is 1. The van der Waals surface area contributed by atoms with Crippen LogP contribution in [0.1, 0.15) is 25.5 Å². The molecule has 1 aliphatic heterocycles. The number of likely N-dealkylation sites (tertiary alicyclic amines) is 1. The molecule has 0 N–H and O–H groups in total. The molecule has 1 amide bonds. The van der Waals surface area contributed by atoms with Gasteiger partial charge in [-0.2, -0.15) is 13.2 Å². The predicted octanol–water partition coefficient (Wildman–Crippen LogP) is 4.11. The van der Waals surface area contributed by atoms with E-state index in [1.165, 1.54) is 12.3 Å². The van der Waals surface area contributed by atoms with E-state index in [0.717, 1.165) is 30.7 Å². The number of hydrogen-bond acceptors (Lipinski definition) is 5. The zero-order chi connectivity index (χ0) is 18.7. The number of carbonyl (C=O) groups is 1. The zero-order valence-electron chi connectivity index (χ0n) is 14.1. The highest BCUT2D eigenvalue weighted by atomic mass is 32.2. The Morgan fingerprint density at radius 3 is 2.88 bits per heavy atom. The van der Waals surface area contributed by atoms with Crippen molar-refractivity contribution in [2.45, 2.75) is 31.1 Å². The molecule has 5 nitrogen and oxygen atoms in total. The Balaban J connectivity index is 1.76. The largest absolute Gasteiger partial charge is 0.463 e. The SMILES string of the molecule is C[C@@H]1CCCN(C(=O)CSc2nc(-c3ccco3)cc(C(F)(F)F)n2)C1. The molecule has 140 valence electrons. The van der Waals surface area contributed by atoms with Crippen LogP contribution in [0, 0.1) is 5.92 Å². The van der Waals surface area contributed by atoms with Gasteiger partial charge in [-0.15, -0.1) is 0 Å². The molecule has 26 heavy (non-hydrogen) atoms. The molecule has 0 aromatic carbocycles. The summed E-state index contributed by atoms with van der Waals surface area (Å²) in [5, 5.41) is -0.0929. The van der Waals surface area contributed by atoms with Crippen molar-refractivity contribution in [1.82, 2.24) is 14.9 Å². The average Bonchev–Trinajstić information content (AvgIpc) is 3.13. The van der Waals surface area contributed by atoms with Gasteiger partial charge >= 0.3 is 6.18 Å². The number of rotatable bonds is 4. The standard InChI is InChI=1S/C17H18F3N3O2S/c1-11-4-2-6-23(9-11)15(24)10-26-16-21-12(13-5-3-7-25-13)8-14(22-16)17(18,19)20/h3,5,7-8,11H,2,4,6,9-10H2,1H3/t11-/m1/s1. The second-order valence-electron chi connectivity index (χ2n) is 6.27. The summed E-state index contributed by atoms with van der Waals surface area (Å²) in [7, 11) is 0. The first-order valence-corrected chi connectivity index (χ1v) is 9.22. The lowest BCUT2D eigenvalue weighted by Crippen LogP contribution is -2.40. The number of amides is 1. The van der Waals surface area contributed by atoms with Gasteiger partial charge in [0.2, 0.25) is 5.91 Å². The van der Waals surface area contributed by atoms with Gasteiger partial charge in [-0.1, -0.05) is 18.7 Å². The van der Waals surface area contributed by atoms with Gasteiger partial charge in [-0.05, 0) is 37.0 Å². The van der Waals surface area contributed by atoms with Crippen molar-refractivity contribution in [3.05, 3.63) is 30.2 Å². The van der Waals surface area contributed by atoms with E-state index in [9.17, 15) is 18.0 Å². The van der Waals surface area contributed by atoms with E-state index in [1.54, 1.807) is 11.0 Å². The van der Waals surface area contributed by atoms with Crippen LogP contribution in [0.15, 0.2) is 34.0 Å². The molecule has 9 heteroatoms. The van der Waals surface area contributed by atoms with Crippen LogP contribution in [0.25, 0.3) is 11.5 Å². The van der Waals surface area contributed by atoms with Crippen LogP contribution in [0.2, 0.25) is 0 Å². The fourth-order valence-corrected chi connectivity index (χ4v) is 3.58. The van der Waals surface area contributed by atoms with E-state index < -0.39 is 11.9 Å². The van der Waals surface area contributed by atoms with Crippen molar-refractivity contribution < 1.29 is 22.4 Å². The van der Waals surface area contributed by atoms with Crippen molar-refractivity contribution >= 4 is 17.7 Å². The van der Waals surface area contributed by atoms with E-state index in [0.29, 0.717) is 19.0 Å².